The van der Waals surface area contributed by atoms with E-state index in [0.29, 0.717) is 17.0 Å². The highest BCUT2D eigenvalue weighted by molar-refractivity contribution is 8.01. The summed E-state index contributed by atoms with van der Waals surface area (Å²) in [6.45, 7) is 1.97. The highest BCUT2D eigenvalue weighted by atomic mass is 32.2. The summed E-state index contributed by atoms with van der Waals surface area (Å²) >= 11 is 0.879. The van der Waals surface area contributed by atoms with E-state index in [9.17, 15) is 22.4 Å². The predicted molar refractivity (Wildman–Crippen MR) is 93.2 cm³/mol. The van der Waals surface area contributed by atoms with Gasteiger partial charge in [0.1, 0.15) is 11.9 Å². The Morgan fingerprint density at radius 2 is 1.96 bits per heavy atom. The number of benzene rings is 1. The van der Waals surface area contributed by atoms with Gasteiger partial charge >= 0.3 is 6.18 Å². The smallest absolute Gasteiger partial charge is 0.375 e. The zero-order valence-corrected chi connectivity index (χ0v) is 15.1. The van der Waals surface area contributed by atoms with Gasteiger partial charge < -0.3 is 10.6 Å². The van der Waals surface area contributed by atoms with Gasteiger partial charge in [-0.1, -0.05) is 19.1 Å². The van der Waals surface area contributed by atoms with Crippen molar-refractivity contribution < 1.29 is 22.4 Å². The van der Waals surface area contributed by atoms with E-state index in [1.807, 2.05) is 0 Å². The van der Waals surface area contributed by atoms with Gasteiger partial charge in [-0.2, -0.15) is 13.2 Å². The molecule has 1 amide bonds. The molecule has 26 heavy (non-hydrogen) atoms. The van der Waals surface area contributed by atoms with E-state index in [4.69, 9.17) is 5.73 Å². The first-order valence-electron chi connectivity index (χ1n) is 7.81. The topological polar surface area (TPSA) is 49.6 Å². The zero-order valence-electron chi connectivity index (χ0n) is 14.3. The summed E-state index contributed by atoms with van der Waals surface area (Å²) in [5.41, 5.74) is 5.55. The number of amides is 1. The lowest BCUT2D eigenvalue weighted by Crippen LogP contribution is -2.35. The zero-order chi connectivity index (χ0) is 19.5. The SMILES string of the molecule is CCN(SC1=CN(C)CC(C(N)=O)=C1)C(c1ccc(F)cc1)C(F)(F)F. The highest BCUT2D eigenvalue weighted by Crippen LogP contribution is 2.43. The van der Waals surface area contributed by atoms with Crippen LogP contribution >= 0.6 is 11.9 Å². The number of primary amides is 1. The lowest BCUT2D eigenvalue weighted by atomic mass is 10.1. The maximum atomic E-state index is 13.7. The number of halogens is 4. The summed E-state index contributed by atoms with van der Waals surface area (Å²) in [7, 11) is 1.70. The molecule has 0 spiro atoms. The largest absolute Gasteiger partial charge is 0.408 e. The Morgan fingerprint density at radius 3 is 2.46 bits per heavy atom. The fourth-order valence-electron chi connectivity index (χ4n) is 2.58. The Kier molecular flexibility index (Phi) is 6.35. The summed E-state index contributed by atoms with van der Waals surface area (Å²) in [5.74, 6) is -1.21. The molecule has 0 saturated carbocycles. The maximum absolute atomic E-state index is 13.7. The minimum atomic E-state index is -4.56. The van der Waals surface area contributed by atoms with Crippen molar-refractivity contribution in [3.63, 3.8) is 0 Å². The number of nitrogens with zero attached hydrogens (tertiary/aromatic N) is 2. The molecule has 1 aliphatic rings. The summed E-state index contributed by atoms with van der Waals surface area (Å²) < 4.78 is 55.4. The van der Waals surface area contributed by atoms with Gasteiger partial charge in [-0.25, -0.2) is 8.70 Å². The molecule has 2 N–H and O–H groups in total. The van der Waals surface area contributed by atoms with Crippen LogP contribution in [0.3, 0.4) is 0 Å². The van der Waals surface area contributed by atoms with Gasteiger partial charge in [-0.15, -0.1) is 0 Å². The molecule has 1 unspecified atom stereocenters. The number of carbonyl (C=O) groups excluding carboxylic acids is 1. The van der Waals surface area contributed by atoms with Gasteiger partial charge in [0, 0.05) is 36.8 Å². The van der Waals surface area contributed by atoms with Crippen molar-refractivity contribution in [2.45, 2.75) is 19.1 Å². The molecular formula is C17H19F4N3OS. The van der Waals surface area contributed by atoms with E-state index in [1.54, 1.807) is 25.1 Å². The van der Waals surface area contributed by atoms with E-state index in [-0.39, 0.29) is 12.1 Å². The molecule has 1 aromatic rings. The summed E-state index contributed by atoms with van der Waals surface area (Å²) in [4.78, 5) is 13.5. The fourth-order valence-corrected chi connectivity index (χ4v) is 3.75. The summed E-state index contributed by atoms with van der Waals surface area (Å²) in [6, 6.07) is 2.35. The molecule has 0 saturated heterocycles. The van der Waals surface area contributed by atoms with Crippen LogP contribution < -0.4 is 5.73 Å². The molecule has 0 bridgehead atoms. The quantitative estimate of drug-likeness (QED) is 0.597. The van der Waals surface area contributed by atoms with Crippen LogP contribution in [-0.2, 0) is 4.79 Å². The van der Waals surface area contributed by atoms with Crippen molar-refractivity contribution in [3.05, 3.63) is 58.4 Å². The van der Waals surface area contributed by atoms with Crippen LogP contribution in [0.5, 0.6) is 0 Å². The molecule has 4 nitrogen and oxygen atoms in total. The van der Waals surface area contributed by atoms with Crippen molar-refractivity contribution >= 4 is 17.9 Å². The Balaban J connectivity index is 2.34. The molecule has 0 fully saturated rings. The van der Waals surface area contributed by atoms with Crippen molar-refractivity contribution in [2.75, 3.05) is 20.1 Å². The number of hydrogen-bond donors (Lipinski definition) is 1. The molecular weight excluding hydrogens is 370 g/mol. The van der Waals surface area contributed by atoms with Crippen molar-refractivity contribution in [1.29, 1.82) is 0 Å². The minimum absolute atomic E-state index is 0.0582. The van der Waals surface area contributed by atoms with Crippen LogP contribution in [0.4, 0.5) is 17.6 Å². The highest BCUT2D eigenvalue weighted by Gasteiger charge is 2.45. The second-order valence-corrected chi connectivity index (χ2v) is 6.92. The Hall–Kier alpha value is -2.00. The van der Waals surface area contributed by atoms with E-state index >= 15 is 0 Å². The first-order valence-corrected chi connectivity index (χ1v) is 8.58. The number of allylic oxidation sites excluding steroid dienone is 1. The number of alkyl halides is 3. The molecule has 142 valence electrons. The first kappa shape index (κ1) is 20.3. The third-order valence-corrected chi connectivity index (χ3v) is 4.86. The van der Waals surface area contributed by atoms with Crippen molar-refractivity contribution in [1.82, 2.24) is 9.21 Å². The predicted octanol–water partition coefficient (Wildman–Crippen LogP) is 3.60. The second kappa shape index (κ2) is 8.13. The summed E-state index contributed by atoms with van der Waals surface area (Å²) in [5, 5.41) is 0. The molecule has 0 aromatic heterocycles. The molecule has 1 heterocycles. The summed E-state index contributed by atoms with van der Waals surface area (Å²) in [6.07, 6.45) is -1.41. The van der Waals surface area contributed by atoms with Gasteiger partial charge in [0.15, 0.2) is 0 Å². The second-order valence-electron chi connectivity index (χ2n) is 5.80. The van der Waals surface area contributed by atoms with Gasteiger partial charge in [0.2, 0.25) is 5.91 Å². The number of hydrogen-bond acceptors (Lipinski definition) is 4. The van der Waals surface area contributed by atoms with Crippen LogP contribution in [0.1, 0.15) is 18.5 Å². The number of carbonyl (C=O) groups is 1. The van der Waals surface area contributed by atoms with Crippen molar-refractivity contribution in [3.8, 4) is 0 Å². The Bertz CT molecular complexity index is 716. The van der Waals surface area contributed by atoms with Gasteiger partial charge in [0.05, 0.1) is 0 Å². The average Bonchev–Trinajstić information content (AvgIpc) is 2.54. The van der Waals surface area contributed by atoms with Gasteiger partial charge in [-0.3, -0.25) is 4.79 Å². The molecule has 9 heteroatoms. The number of rotatable bonds is 6. The van der Waals surface area contributed by atoms with Crippen molar-refractivity contribution in [2.24, 2.45) is 5.73 Å². The Morgan fingerprint density at radius 1 is 1.35 bits per heavy atom. The lowest BCUT2D eigenvalue weighted by molar-refractivity contribution is -0.172. The van der Waals surface area contributed by atoms with E-state index in [0.717, 1.165) is 40.5 Å². The van der Waals surface area contributed by atoms with Gasteiger partial charge in [-0.05, 0) is 35.7 Å². The Labute approximate surface area is 153 Å². The first-order chi connectivity index (χ1) is 12.1. The molecule has 1 atom stereocenters. The lowest BCUT2D eigenvalue weighted by Gasteiger charge is -2.33. The third kappa shape index (κ3) is 5.01. The average molecular weight is 389 g/mol. The van der Waals surface area contributed by atoms with Crippen LogP contribution in [0.2, 0.25) is 0 Å². The normalized spacial score (nSPS) is 16.3. The maximum Gasteiger partial charge on any atom is 0.408 e. The number of nitrogens with two attached hydrogens (primary N) is 1. The minimum Gasteiger partial charge on any atom is -0.375 e. The van der Waals surface area contributed by atoms with Crippen LogP contribution in [-0.4, -0.2) is 41.4 Å². The standard InChI is InChI=1S/C17H19F4N3OS/c1-3-24(26-14-8-12(16(22)25)9-23(2)10-14)15(17(19,20)21)11-4-6-13(18)7-5-11/h4-8,10,15H,3,9H2,1-2H3,(H2,22,25). The third-order valence-electron chi connectivity index (χ3n) is 3.72. The van der Waals surface area contributed by atoms with Gasteiger partial charge in [0.25, 0.3) is 0 Å². The van der Waals surface area contributed by atoms with E-state index in [2.05, 4.69) is 0 Å². The van der Waals surface area contributed by atoms with Crippen LogP contribution in [0, 0.1) is 5.82 Å². The monoisotopic (exact) mass is 389 g/mol. The van der Waals surface area contributed by atoms with Crippen LogP contribution in [0.25, 0.3) is 0 Å². The fraction of sp³-hybridized carbons (Fsp3) is 0.353. The number of likely N-dealkylation sites (N-methyl/N-ethyl adjacent to an activating group) is 1. The molecule has 0 aliphatic carbocycles. The molecule has 1 aliphatic heterocycles. The molecule has 1 aromatic carbocycles. The van der Waals surface area contributed by atoms with E-state index in [1.165, 1.54) is 6.08 Å². The molecule has 0 radical (unpaired) electrons. The van der Waals surface area contributed by atoms with Crippen LogP contribution in [0.15, 0.2) is 47.0 Å². The van der Waals surface area contributed by atoms with E-state index < -0.39 is 23.9 Å². The molecule has 2 rings (SSSR count).